The van der Waals surface area contributed by atoms with Crippen molar-refractivity contribution < 1.29 is 42.9 Å². The van der Waals surface area contributed by atoms with E-state index in [1.807, 2.05) is 21.1 Å². The Kier molecular flexibility index (Phi) is 38.0. The van der Waals surface area contributed by atoms with Crippen molar-refractivity contribution in [2.75, 3.05) is 47.5 Å². The van der Waals surface area contributed by atoms with Crippen LogP contribution in [0.25, 0.3) is 0 Å². The fourth-order valence-corrected chi connectivity index (χ4v) is 6.33. The van der Waals surface area contributed by atoms with Crippen LogP contribution in [0.5, 0.6) is 0 Å². The number of likely N-dealkylation sites (N-methyl/N-ethyl adjacent to an activating group) is 1. The summed E-state index contributed by atoms with van der Waals surface area (Å²) in [4.78, 5) is 36.7. The summed E-state index contributed by atoms with van der Waals surface area (Å²) in [7, 11) is 5.90. The number of unbranched alkanes of at least 4 members (excludes halogenated alkanes) is 23. The zero-order valence-corrected chi connectivity index (χ0v) is 37.0. The Morgan fingerprint density at radius 2 is 0.964 bits per heavy atom. The lowest BCUT2D eigenvalue weighted by atomic mass is 10.0. The number of esters is 2. The lowest BCUT2D eigenvalue weighted by Crippen LogP contribution is -2.44. The molecule has 0 aromatic carbocycles. The Balaban J connectivity index is 4.14. The van der Waals surface area contributed by atoms with Crippen molar-refractivity contribution in [2.24, 2.45) is 0 Å². The molecule has 2 atom stereocenters. The highest BCUT2D eigenvalue weighted by atomic mass is 16.7. The lowest BCUT2D eigenvalue weighted by Gasteiger charge is -2.26. The van der Waals surface area contributed by atoms with Crippen LogP contribution in [0.4, 0.5) is 0 Å². The van der Waals surface area contributed by atoms with Gasteiger partial charge in [0.15, 0.2) is 12.4 Å². The van der Waals surface area contributed by atoms with Crippen molar-refractivity contribution in [2.45, 2.75) is 212 Å². The molecule has 0 aliphatic rings. The van der Waals surface area contributed by atoms with E-state index in [4.69, 9.17) is 18.9 Å². The van der Waals surface area contributed by atoms with E-state index in [0.29, 0.717) is 23.9 Å². The summed E-state index contributed by atoms with van der Waals surface area (Å²) in [5.41, 5.74) is 0. The van der Waals surface area contributed by atoms with Crippen molar-refractivity contribution in [3.63, 3.8) is 0 Å². The van der Waals surface area contributed by atoms with Crippen LogP contribution in [0, 0.1) is 0 Å². The van der Waals surface area contributed by atoms with E-state index in [0.717, 1.165) is 44.9 Å². The predicted octanol–water partition coefficient (Wildman–Crippen LogP) is 10.7. The quantitative estimate of drug-likeness (QED) is 0.0197. The van der Waals surface area contributed by atoms with Gasteiger partial charge in [0.05, 0.1) is 40.3 Å². The van der Waals surface area contributed by atoms with Crippen LogP contribution < -0.4 is 5.11 Å². The number of hydrogen-bond acceptors (Lipinski definition) is 8. The van der Waals surface area contributed by atoms with E-state index in [9.17, 15) is 19.5 Å². The first-order valence-corrected chi connectivity index (χ1v) is 23.0. The van der Waals surface area contributed by atoms with Crippen LogP contribution in [-0.2, 0) is 33.3 Å². The van der Waals surface area contributed by atoms with Crippen molar-refractivity contribution >= 4 is 17.9 Å². The Hall–Kier alpha value is -2.23. The number of ether oxygens (including phenoxy) is 4. The minimum atomic E-state index is -1.61. The number of allylic oxidation sites excluding steroid dienone is 4. The second kappa shape index (κ2) is 39.6. The Labute approximate surface area is 344 Å². The molecule has 328 valence electrons. The van der Waals surface area contributed by atoms with E-state index >= 15 is 0 Å². The molecule has 0 saturated heterocycles. The zero-order valence-electron chi connectivity index (χ0n) is 37.0. The Bertz CT molecular complexity index is 976. The first-order valence-electron chi connectivity index (χ1n) is 23.0. The van der Waals surface area contributed by atoms with Gasteiger partial charge in [0, 0.05) is 12.8 Å². The molecule has 0 aromatic heterocycles. The second-order valence-electron chi connectivity index (χ2n) is 16.7. The van der Waals surface area contributed by atoms with Gasteiger partial charge in [0.25, 0.3) is 0 Å². The van der Waals surface area contributed by atoms with Crippen LogP contribution in [0.1, 0.15) is 200 Å². The van der Waals surface area contributed by atoms with E-state index in [2.05, 4.69) is 38.2 Å². The summed E-state index contributed by atoms with van der Waals surface area (Å²) in [6.07, 6.45) is 39.6. The maximum atomic E-state index is 12.7. The van der Waals surface area contributed by atoms with Gasteiger partial charge in [0.1, 0.15) is 13.2 Å². The maximum Gasteiger partial charge on any atom is 0.306 e. The van der Waals surface area contributed by atoms with Crippen molar-refractivity contribution in [3.8, 4) is 0 Å². The van der Waals surface area contributed by atoms with Gasteiger partial charge in [-0.1, -0.05) is 167 Å². The van der Waals surface area contributed by atoms with Gasteiger partial charge >= 0.3 is 11.9 Å². The molecular weight excluding hydrogens is 707 g/mol. The number of rotatable bonds is 42. The highest BCUT2D eigenvalue weighted by molar-refractivity contribution is 5.70. The fourth-order valence-electron chi connectivity index (χ4n) is 6.33. The summed E-state index contributed by atoms with van der Waals surface area (Å²) in [5.74, 6) is -2.29. The van der Waals surface area contributed by atoms with Gasteiger partial charge in [-0.2, -0.15) is 0 Å². The van der Waals surface area contributed by atoms with Gasteiger partial charge in [-0.3, -0.25) is 9.59 Å². The Morgan fingerprint density at radius 3 is 1.41 bits per heavy atom. The average molecular weight is 794 g/mol. The van der Waals surface area contributed by atoms with E-state index in [1.165, 1.54) is 122 Å². The molecule has 0 aromatic rings. The van der Waals surface area contributed by atoms with Crippen molar-refractivity contribution in [1.29, 1.82) is 0 Å². The molecule has 0 aliphatic carbocycles. The van der Waals surface area contributed by atoms with Gasteiger partial charge in [-0.25, -0.2) is 0 Å². The zero-order chi connectivity index (χ0) is 41.4. The number of hydrogen-bond donors (Lipinski definition) is 0. The molecule has 0 rings (SSSR count). The van der Waals surface area contributed by atoms with E-state index in [-0.39, 0.29) is 32.2 Å². The third-order valence-electron chi connectivity index (χ3n) is 9.95. The fraction of sp³-hybridized carbons (Fsp3) is 0.851. The molecule has 0 bridgehead atoms. The normalized spacial score (nSPS) is 13.1. The van der Waals surface area contributed by atoms with Gasteiger partial charge in [-0.05, 0) is 44.9 Å². The molecule has 9 heteroatoms. The number of carboxylic acids is 1. The topological polar surface area (TPSA) is 111 Å². The monoisotopic (exact) mass is 794 g/mol. The first-order chi connectivity index (χ1) is 27.1. The number of nitrogens with zero attached hydrogens (tertiary/aromatic N) is 1. The molecule has 0 aliphatic heterocycles. The maximum absolute atomic E-state index is 12.7. The van der Waals surface area contributed by atoms with Crippen LogP contribution >= 0.6 is 0 Å². The van der Waals surface area contributed by atoms with Crippen LogP contribution in [-0.4, -0.2) is 82.3 Å². The molecule has 0 saturated carbocycles. The number of aliphatic carboxylic acids is 1. The summed E-state index contributed by atoms with van der Waals surface area (Å²) >= 11 is 0. The third-order valence-corrected chi connectivity index (χ3v) is 9.95. The highest BCUT2D eigenvalue weighted by Crippen LogP contribution is 2.15. The minimum absolute atomic E-state index is 0.149. The number of carbonyl (C=O) groups is 3. The minimum Gasteiger partial charge on any atom is -0.545 e. The molecule has 9 nitrogen and oxygen atoms in total. The van der Waals surface area contributed by atoms with Crippen molar-refractivity contribution in [3.05, 3.63) is 24.3 Å². The van der Waals surface area contributed by atoms with E-state index in [1.54, 1.807) is 0 Å². The lowest BCUT2D eigenvalue weighted by molar-refractivity contribution is -0.870. The summed E-state index contributed by atoms with van der Waals surface area (Å²) in [6, 6.07) is 0. The molecule has 0 amide bonds. The van der Waals surface area contributed by atoms with E-state index < -0.39 is 24.3 Å². The molecule has 0 radical (unpaired) electrons. The van der Waals surface area contributed by atoms with Gasteiger partial charge < -0.3 is 33.3 Å². The average Bonchev–Trinajstić information content (AvgIpc) is 3.15. The molecular formula is C47H87NO8. The predicted molar refractivity (Wildman–Crippen MR) is 228 cm³/mol. The smallest absolute Gasteiger partial charge is 0.306 e. The second-order valence-corrected chi connectivity index (χ2v) is 16.7. The standard InChI is InChI=1S/C47H87NO8/c1-6-8-10-12-14-15-16-17-18-19-20-21-22-23-24-25-26-27-28-29-30-31-32-34-36-38-45(50)56-43(41-54-44(49)37-35-33-13-11-9-7-2)42-55-47(46(51)52)53-40-39-48(3,4)5/h16-17,19-20,43,47H,6-15,18,21-42H2,1-5H3/b17-16-,20-19-. The van der Waals surface area contributed by atoms with Crippen LogP contribution in [0.3, 0.4) is 0 Å². The molecule has 56 heavy (non-hydrogen) atoms. The highest BCUT2D eigenvalue weighted by Gasteiger charge is 2.21. The van der Waals surface area contributed by atoms with Gasteiger partial charge in [-0.15, -0.1) is 0 Å². The van der Waals surface area contributed by atoms with Crippen LogP contribution in [0.2, 0.25) is 0 Å². The molecule has 0 fully saturated rings. The molecule has 0 N–H and O–H groups in total. The number of carboxylic acid groups (broad SMARTS) is 1. The molecule has 0 spiro atoms. The SMILES string of the molecule is CCCCCCC/C=C\C/C=C\CCCCCCCCCCCCCCCC(=O)OC(COC(=O)CCCCCCCC)COC(OCC[N+](C)(C)C)C(=O)[O-]. The largest absolute Gasteiger partial charge is 0.545 e. The third kappa shape index (κ3) is 40.0. The molecule has 2 unspecified atom stereocenters. The Morgan fingerprint density at radius 1 is 0.536 bits per heavy atom. The molecule has 0 heterocycles. The number of carbonyl (C=O) groups excluding carboxylic acids is 3. The number of quaternary nitrogens is 1. The summed E-state index contributed by atoms with van der Waals surface area (Å²) in [6.45, 7) is 4.67. The summed E-state index contributed by atoms with van der Waals surface area (Å²) < 4.78 is 22.4. The van der Waals surface area contributed by atoms with Crippen LogP contribution in [0.15, 0.2) is 24.3 Å². The first kappa shape index (κ1) is 53.8. The summed E-state index contributed by atoms with van der Waals surface area (Å²) in [5, 5.41) is 11.6. The van der Waals surface area contributed by atoms with Crippen molar-refractivity contribution in [1.82, 2.24) is 0 Å². The van der Waals surface area contributed by atoms with Gasteiger partial charge in [0.2, 0.25) is 0 Å².